The lowest BCUT2D eigenvalue weighted by Gasteiger charge is -2.28. The van der Waals surface area contributed by atoms with E-state index in [2.05, 4.69) is 20.2 Å². The second-order valence-electron chi connectivity index (χ2n) is 10.6. The average Bonchev–Trinajstić information content (AvgIpc) is 3.83. The van der Waals surface area contributed by atoms with Gasteiger partial charge >= 0.3 is 0 Å². The molecule has 2 aliphatic rings. The monoisotopic (exact) mass is 583 g/mol. The summed E-state index contributed by atoms with van der Waals surface area (Å²) in [5.41, 5.74) is 2.72. The summed E-state index contributed by atoms with van der Waals surface area (Å²) in [6.07, 6.45) is 4.88. The number of nitrogens with zero attached hydrogens (tertiary/aromatic N) is 4. The lowest BCUT2D eigenvalue weighted by atomic mass is 10.0. The summed E-state index contributed by atoms with van der Waals surface area (Å²) in [5.74, 6) is 0.579. The summed E-state index contributed by atoms with van der Waals surface area (Å²) in [7, 11) is -3.91. The number of sulfonamides is 1. The zero-order chi connectivity index (χ0) is 29.0. The number of carbonyl (C=O) groups excluding carboxylic acids is 1. The Labute approximate surface area is 246 Å². The minimum absolute atomic E-state index is 0.0935. The molecule has 0 atom stereocenters. The van der Waals surface area contributed by atoms with Crippen LogP contribution in [0.4, 0.5) is 5.82 Å². The molecular formula is C32H33N5O4S. The highest BCUT2D eigenvalue weighted by Gasteiger charge is 2.45. The van der Waals surface area contributed by atoms with Gasteiger partial charge in [-0.25, -0.2) is 13.4 Å². The van der Waals surface area contributed by atoms with E-state index in [0.29, 0.717) is 37.6 Å². The maximum atomic E-state index is 13.9. The number of benzene rings is 2. The molecule has 1 amide bonds. The first kappa shape index (κ1) is 28.0. The quantitative estimate of drug-likeness (QED) is 0.299. The lowest BCUT2D eigenvalue weighted by molar-refractivity contribution is 0.0930. The van der Waals surface area contributed by atoms with Gasteiger partial charge in [-0.15, -0.1) is 0 Å². The minimum Gasteiger partial charge on any atom is -0.378 e. The van der Waals surface area contributed by atoms with Crippen LogP contribution in [0.2, 0.25) is 0 Å². The molecule has 0 radical (unpaired) electrons. The molecule has 6 rings (SSSR count). The number of aromatic nitrogens is 2. The summed E-state index contributed by atoms with van der Waals surface area (Å²) >= 11 is 0. The highest BCUT2D eigenvalue weighted by atomic mass is 32.2. The maximum absolute atomic E-state index is 13.9. The normalized spacial score (nSPS) is 16.3. The van der Waals surface area contributed by atoms with Crippen molar-refractivity contribution in [3.05, 3.63) is 120 Å². The van der Waals surface area contributed by atoms with E-state index < -0.39 is 10.0 Å². The van der Waals surface area contributed by atoms with Crippen molar-refractivity contribution in [2.24, 2.45) is 0 Å². The third-order valence-electron chi connectivity index (χ3n) is 7.76. The molecule has 1 saturated heterocycles. The van der Waals surface area contributed by atoms with Crippen molar-refractivity contribution in [2.75, 3.05) is 31.2 Å². The number of nitrogens with one attached hydrogen (secondary N) is 1. The first-order valence-corrected chi connectivity index (χ1v) is 15.5. The molecule has 3 heterocycles. The fourth-order valence-corrected chi connectivity index (χ4v) is 6.52. The fraction of sp³-hybridized carbons (Fsp3) is 0.281. The van der Waals surface area contributed by atoms with Gasteiger partial charge in [-0.1, -0.05) is 48.5 Å². The van der Waals surface area contributed by atoms with Crippen LogP contribution in [0.5, 0.6) is 0 Å². The second-order valence-corrected chi connectivity index (χ2v) is 12.6. The first-order chi connectivity index (χ1) is 20.4. The Morgan fingerprint density at radius 3 is 2.26 bits per heavy atom. The molecule has 0 unspecified atom stereocenters. The van der Waals surface area contributed by atoms with E-state index in [1.807, 2.05) is 36.4 Å². The van der Waals surface area contributed by atoms with Crippen LogP contribution in [0, 0.1) is 0 Å². The third kappa shape index (κ3) is 6.20. The molecule has 0 bridgehead atoms. The van der Waals surface area contributed by atoms with Gasteiger partial charge in [0.1, 0.15) is 10.7 Å². The van der Waals surface area contributed by atoms with E-state index in [9.17, 15) is 13.2 Å². The number of amides is 1. The molecule has 1 saturated carbocycles. The topological polar surface area (TPSA) is 105 Å². The van der Waals surface area contributed by atoms with Crippen molar-refractivity contribution < 1.29 is 17.9 Å². The molecule has 4 aromatic rings. The molecule has 2 aromatic carbocycles. The van der Waals surface area contributed by atoms with Crippen LogP contribution in [0.3, 0.4) is 0 Å². The van der Waals surface area contributed by atoms with Gasteiger partial charge in [0.25, 0.3) is 5.91 Å². The molecule has 216 valence electrons. The van der Waals surface area contributed by atoms with Gasteiger partial charge in [-0.2, -0.15) is 4.31 Å². The van der Waals surface area contributed by atoms with Crippen LogP contribution in [0.25, 0.3) is 0 Å². The molecule has 10 heteroatoms. The van der Waals surface area contributed by atoms with Crippen LogP contribution < -0.4 is 10.2 Å². The predicted molar refractivity (Wildman–Crippen MR) is 159 cm³/mol. The van der Waals surface area contributed by atoms with Crippen LogP contribution in [0.1, 0.15) is 40.0 Å². The molecule has 9 nitrogen and oxygen atoms in total. The van der Waals surface area contributed by atoms with Crippen LogP contribution in [-0.4, -0.2) is 54.9 Å². The van der Waals surface area contributed by atoms with E-state index >= 15 is 0 Å². The van der Waals surface area contributed by atoms with Gasteiger partial charge in [-0.3, -0.25) is 9.78 Å². The number of morpholine rings is 1. The predicted octanol–water partition coefficient (Wildman–Crippen LogP) is 4.12. The summed E-state index contributed by atoms with van der Waals surface area (Å²) < 4.78 is 34.5. The average molecular weight is 584 g/mol. The Balaban J connectivity index is 1.19. The van der Waals surface area contributed by atoms with Crippen molar-refractivity contribution in [3.63, 3.8) is 0 Å². The number of hydrogen-bond donors (Lipinski definition) is 1. The SMILES string of the molecule is O=C(NC1(c2ccccc2)CC1)c1ccc(CN(Cc2ccccn2)S(=O)(=O)c2ccc(N3CCOCC3)nc2)cc1. The number of pyridine rings is 2. The summed E-state index contributed by atoms with van der Waals surface area (Å²) in [4.78, 5) is 24.1. The van der Waals surface area contributed by atoms with E-state index in [1.54, 1.807) is 54.7 Å². The fourth-order valence-electron chi connectivity index (χ4n) is 5.17. The summed E-state index contributed by atoms with van der Waals surface area (Å²) in [5, 5.41) is 3.20. The van der Waals surface area contributed by atoms with Gasteiger partial charge in [0.15, 0.2) is 0 Å². The van der Waals surface area contributed by atoms with Crippen LogP contribution in [-0.2, 0) is 33.4 Å². The zero-order valence-corrected chi connectivity index (χ0v) is 24.0. The first-order valence-electron chi connectivity index (χ1n) is 14.1. The Morgan fingerprint density at radius 2 is 1.62 bits per heavy atom. The van der Waals surface area contributed by atoms with E-state index in [1.165, 1.54) is 10.5 Å². The number of ether oxygens (including phenoxy) is 1. The van der Waals surface area contributed by atoms with Crippen molar-refractivity contribution in [1.82, 2.24) is 19.6 Å². The highest BCUT2D eigenvalue weighted by molar-refractivity contribution is 7.89. The third-order valence-corrected chi connectivity index (χ3v) is 9.54. The standard InChI is InChI=1S/C32H33N5O4S/c38-31(35-32(15-16-32)27-6-2-1-3-7-27)26-11-9-25(10-12-26)23-37(24-28-8-4-5-17-33-28)42(39,40)29-13-14-30(34-22-29)36-18-20-41-21-19-36/h1-14,17,22H,15-16,18-21,23-24H2,(H,35,38). The van der Waals surface area contributed by atoms with E-state index in [-0.39, 0.29) is 29.4 Å². The molecule has 42 heavy (non-hydrogen) atoms. The highest BCUT2D eigenvalue weighted by Crippen LogP contribution is 2.45. The van der Waals surface area contributed by atoms with Crippen LogP contribution >= 0.6 is 0 Å². The summed E-state index contributed by atoms with van der Waals surface area (Å²) in [6, 6.07) is 25.9. The zero-order valence-electron chi connectivity index (χ0n) is 23.2. The van der Waals surface area contributed by atoms with E-state index in [0.717, 1.165) is 29.8 Å². The smallest absolute Gasteiger partial charge is 0.251 e. The number of rotatable bonds is 10. The minimum atomic E-state index is -3.91. The second kappa shape index (κ2) is 12.0. The van der Waals surface area contributed by atoms with Gasteiger partial charge in [0.05, 0.1) is 31.0 Å². The Morgan fingerprint density at radius 1 is 0.881 bits per heavy atom. The van der Waals surface area contributed by atoms with Gasteiger partial charge in [0, 0.05) is 37.6 Å². The number of carbonyl (C=O) groups is 1. The van der Waals surface area contributed by atoms with Gasteiger partial charge in [-0.05, 0) is 60.4 Å². The molecule has 2 fully saturated rings. The lowest BCUT2D eigenvalue weighted by Crippen LogP contribution is -2.36. The van der Waals surface area contributed by atoms with E-state index in [4.69, 9.17) is 4.74 Å². The van der Waals surface area contributed by atoms with Crippen LogP contribution in [0.15, 0.2) is 102 Å². The molecular weight excluding hydrogens is 550 g/mol. The van der Waals surface area contributed by atoms with Crippen molar-refractivity contribution >= 4 is 21.7 Å². The maximum Gasteiger partial charge on any atom is 0.251 e. The summed E-state index contributed by atoms with van der Waals surface area (Å²) in [6.45, 7) is 2.87. The molecule has 0 spiro atoms. The number of hydrogen-bond acceptors (Lipinski definition) is 7. The van der Waals surface area contributed by atoms with Crippen molar-refractivity contribution in [2.45, 2.75) is 36.4 Å². The van der Waals surface area contributed by atoms with Crippen molar-refractivity contribution in [3.8, 4) is 0 Å². The van der Waals surface area contributed by atoms with Gasteiger partial charge < -0.3 is 15.0 Å². The Kier molecular flexibility index (Phi) is 8.01. The molecule has 1 N–H and O–H groups in total. The number of anilines is 1. The molecule has 2 aromatic heterocycles. The molecule has 1 aliphatic carbocycles. The Hall–Kier alpha value is -4.12. The van der Waals surface area contributed by atoms with Gasteiger partial charge in [0.2, 0.25) is 10.0 Å². The van der Waals surface area contributed by atoms with Crippen molar-refractivity contribution in [1.29, 1.82) is 0 Å². The largest absolute Gasteiger partial charge is 0.378 e. The Bertz CT molecular complexity index is 1610. The molecule has 1 aliphatic heterocycles.